The predicted molar refractivity (Wildman–Crippen MR) is 70.5 cm³/mol. The zero-order chi connectivity index (χ0) is 14.9. The van der Waals surface area contributed by atoms with Crippen LogP contribution in [0.2, 0.25) is 0 Å². The van der Waals surface area contributed by atoms with E-state index in [1.54, 1.807) is 0 Å². The van der Waals surface area contributed by atoms with Crippen molar-refractivity contribution in [2.24, 2.45) is 0 Å². The van der Waals surface area contributed by atoms with E-state index < -0.39 is 32.4 Å². The lowest BCUT2D eigenvalue weighted by atomic mass is 10.3. The fraction of sp³-hybridized carbons (Fsp3) is 0. The number of aromatic amines is 1. The molecule has 0 spiro atoms. The molecule has 3 N–H and O–H groups in total. The highest BCUT2D eigenvalue weighted by molar-refractivity contribution is 9.10. The zero-order valence-corrected chi connectivity index (χ0v) is 12.0. The normalized spacial score (nSPS) is 11.3. The number of aromatic nitrogens is 2. The molecule has 0 aliphatic heterocycles. The molecule has 10 heteroatoms. The second-order valence-corrected chi connectivity index (χ2v) is 6.13. The van der Waals surface area contributed by atoms with Gasteiger partial charge in [-0.3, -0.25) is 9.82 Å². The highest BCUT2D eigenvalue weighted by atomic mass is 79.9. The van der Waals surface area contributed by atoms with Crippen LogP contribution < -0.4 is 4.72 Å². The summed E-state index contributed by atoms with van der Waals surface area (Å²) in [7, 11) is -4.17. The second-order valence-electron chi connectivity index (χ2n) is 3.65. The summed E-state index contributed by atoms with van der Waals surface area (Å²) in [6.45, 7) is 0. The standard InChI is InChI=1S/C10H7BrFN3O4S/c11-7-3-5(1-2-8(7)12)15-20(18,19)9-6(10(16)17)4-13-14-9/h1-4,15H,(H,13,14)(H,16,17). The number of carboxylic acids is 1. The minimum Gasteiger partial charge on any atom is -0.478 e. The summed E-state index contributed by atoms with van der Waals surface area (Å²) >= 11 is 2.92. The van der Waals surface area contributed by atoms with E-state index in [0.29, 0.717) is 0 Å². The third-order valence-electron chi connectivity index (χ3n) is 2.28. The molecule has 0 saturated carbocycles. The number of aromatic carboxylic acids is 1. The van der Waals surface area contributed by atoms with E-state index in [-0.39, 0.29) is 10.2 Å². The van der Waals surface area contributed by atoms with Crippen molar-refractivity contribution >= 4 is 37.6 Å². The molecule has 1 aromatic heterocycles. The Labute approximate surface area is 121 Å². The smallest absolute Gasteiger partial charge is 0.340 e. The summed E-state index contributed by atoms with van der Waals surface area (Å²) in [5, 5.41) is 13.8. The van der Waals surface area contributed by atoms with E-state index in [9.17, 15) is 17.6 Å². The summed E-state index contributed by atoms with van der Waals surface area (Å²) in [6, 6.07) is 3.48. The van der Waals surface area contributed by atoms with Gasteiger partial charge >= 0.3 is 5.97 Å². The molecular formula is C10H7BrFN3O4S. The molecule has 2 rings (SSSR count). The van der Waals surface area contributed by atoms with Crippen LogP contribution in [0.4, 0.5) is 10.1 Å². The van der Waals surface area contributed by atoms with Crippen molar-refractivity contribution < 1.29 is 22.7 Å². The SMILES string of the molecule is O=C(O)c1cn[nH]c1S(=O)(=O)Nc1ccc(F)c(Br)c1. The number of anilines is 1. The predicted octanol–water partition coefficient (Wildman–Crippen LogP) is 1.81. The van der Waals surface area contributed by atoms with Crippen LogP contribution >= 0.6 is 15.9 Å². The first-order chi connectivity index (χ1) is 9.31. The van der Waals surface area contributed by atoms with Gasteiger partial charge in [-0.1, -0.05) is 0 Å². The fourth-order valence-corrected chi connectivity index (χ4v) is 2.92. The fourth-order valence-electron chi connectivity index (χ4n) is 1.40. The highest BCUT2D eigenvalue weighted by Gasteiger charge is 2.25. The number of carbonyl (C=O) groups is 1. The van der Waals surface area contributed by atoms with Crippen LogP contribution in [-0.4, -0.2) is 29.7 Å². The van der Waals surface area contributed by atoms with E-state index >= 15 is 0 Å². The molecule has 0 saturated heterocycles. The first-order valence-corrected chi connectivity index (χ1v) is 7.33. The van der Waals surface area contributed by atoms with Gasteiger partial charge in [0.15, 0.2) is 5.03 Å². The summed E-state index contributed by atoms with van der Waals surface area (Å²) in [6.07, 6.45) is 0.886. The summed E-state index contributed by atoms with van der Waals surface area (Å²) in [5.74, 6) is -1.99. The molecule has 2 aromatic rings. The molecule has 0 amide bonds. The van der Waals surface area contributed by atoms with Crippen molar-refractivity contribution in [1.82, 2.24) is 10.2 Å². The van der Waals surface area contributed by atoms with E-state index in [1.165, 1.54) is 12.1 Å². The molecule has 0 fully saturated rings. The molecule has 0 radical (unpaired) electrons. The second kappa shape index (κ2) is 5.21. The largest absolute Gasteiger partial charge is 0.478 e. The highest BCUT2D eigenvalue weighted by Crippen LogP contribution is 2.23. The minimum atomic E-state index is -4.17. The average molecular weight is 364 g/mol. The zero-order valence-electron chi connectivity index (χ0n) is 9.59. The lowest BCUT2D eigenvalue weighted by Gasteiger charge is -2.07. The molecule has 0 bridgehead atoms. The van der Waals surface area contributed by atoms with Gasteiger partial charge in [0.05, 0.1) is 16.4 Å². The number of nitrogens with one attached hydrogen (secondary N) is 2. The molecule has 0 atom stereocenters. The molecule has 0 aliphatic rings. The summed E-state index contributed by atoms with van der Waals surface area (Å²) < 4.78 is 39.3. The maximum Gasteiger partial charge on any atom is 0.340 e. The number of sulfonamides is 1. The molecule has 0 aliphatic carbocycles. The van der Waals surface area contributed by atoms with Gasteiger partial charge in [0.2, 0.25) is 0 Å². The van der Waals surface area contributed by atoms with Gasteiger partial charge < -0.3 is 5.11 Å². The minimum absolute atomic E-state index is 0.0702. The molecule has 1 heterocycles. The van der Waals surface area contributed by atoms with Crippen LogP contribution in [0.25, 0.3) is 0 Å². The molecular weight excluding hydrogens is 357 g/mol. The number of H-pyrrole nitrogens is 1. The topological polar surface area (TPSA) is 112 Å². The molecule has 7 nitrogen and oxygen atoms in total. The van der Waals surface area contributed by atoms with Crippen molar-refractivity contribution in [2.75, 3.05) is 4.72 Å². The number of hydrogen-bond donors (Lipinski definition) is 3. The van der Waals surface area contributed by atoms with Crippen molar-refractivity contribution in [2.45, 2.75) is 5.03 Å². The van der Waals surface area contributed by atoms with Crippen molar-refractivity contribution in [3.8, 4) is 0 Å². The average Bonchev–Trinajstić information content (AvgIpc) is 2.83. The Morgan fingerprint density at radius 2 is 2.15 bits per heavy atom. The third-order valence-corrected chi connectivity index (χ3v) is 4.24. The van der Waals surface area contributed by atoms with Gasteiger partial charge in [0, 0.05) is 0 Å². The molecule has 106 valence electrons. The summed E-state index contributed by atoms with van der Waals surface area (Å²) in [5.41, 5.74) is -0.414. The third kappa shape index (κ3) is 2.80. The van der Waals surface area contributed by atoms with Crippen LogP contribution in [-0.2, 0) is 10.0 Å². The first-order valence-electron chi connectivity index (χ1n) is 5.06. The maximum absolute atomic E-state index is 13.1. The van der Waals surface area contributed by atoms with Crippen LogP contribution in [0.15, 0.2) is 33.9 Å². The van der Waals surface area contributed by atoms with Crippen LogP contribution in [0, 0.1) is 5.82 Å². The van der Waals surface area contributed by atoms with E-state index in [0.717, 1.165) is 12.3 Å². The van der Waals surface area contributed by atoms with E-state index in [4.69, 9.17) is 5.11 Å². The maximum atomic E-state index is 13.1. The monoisotopic (exact) mass is 363 g/mol. The molecule has 0 unspecified atom stereocenters. The Morgan fingerprint density at radius 1 is 1.45 bits per heavy atom. The van der Waals surface area contributed by atoms with Gasteiger partial charge in [-0.25, -0.2) is 9.18 Å². The number of carboxylic acid groups (broad SMARTS) is 1. The van der Waals surface area contributed by atoms with Gasteiger partial charge in [-0.15, -0.1) is 0 Å². The lowest BCUT2D eigenvalue weighted by molar-refractivity contribution is 0.0692. The first kappa shape index (κ1) is 14.5. The van der Waals surface area contributed by atoms with Gasteiger partial charge in [0.1, 0.15) is 11.4 Å². The van der Waals surface area contributed by atoms with Crippen LogP contribution in [0.5, 0.6) is 0 Å². The lowest BCUT2D eigenvalue weighted by Crippen LogP contribution is -2.16. The van der Waals surface area contributed by atoms with E-state index in [2.05, 4.69) is 30.8 Å². The van der Waals surface area contributed by atoms with Gasteiger partial charge in [0.25, 0.3) is 10.0 Å². The molecule has 20 heavy (non-hydrogen) atoms. The number of hydrogen-bond acceptors (Lipinski definition) is 4. The Kier molecular flexibility index (Phi) is 3.77. The Morgan fingerprint density at radius 3 is 2.75 bits per heavy atom. The van der Waals surface area contributed by atoms with E-state index in [1.807, 2.05) is 0 Å². The van der Waals surface area contributed by atoms with Crippen molar-refractivity contribution in [1.29, 1.82) is 0 Å². The van der Waals surface area contributed by atoms with Crippen molar-refractivity contribution in [3.63, 3.8) is 0 Å². The summed E-state index contributed by atoms with van der Waals surface area (Å²) in [4.78, 5) is 10.9. The number of halogens is 2. The van der Waals surface area contributed by atoms with Gasteiger partial charge in [-0.2, -0.15) is 13.5 Å². The Balaban J connectivity index is 2.38. The van der Waals surface area contributed by atoms with Crippen molar-refractivity contribution in [3.05, 3.63) is 40.2 Å². The van der Waals surface area contributed by atoms with Crippen LogP contribution in [0.1, 0.15) is 10.4 Å². The number of benzene rings is 1. The van der Waals surface area contributed by atoms with Gasteiger partial charge in [-0.05, 0) is 34.1 Å². The quantitative estimate of drug-likeness (QED) is 0.766. The Bertz CT molecular complexity index is 775. The Hall–Kier alpha value is -1.94. The van der Waals surface area contributed by atoms with Crippen LogP contribution in [0.3, 0.4) is 0 Å². The molecule has 1 aromatic carbocycles. The number of nitrogens with zero attached hydrogens (tertiary/aromatic N) is 1. The number of rotatable bonds is 4.